The van der Waals surface area contributed by atoms with Gasteiger partial charge in [-0.15, -0.1) is 0 Å². The van der Waals surface area contributed by atoms with Crippen LogP contribution in [-0.4, -0.2) is 16.1 Å². The number of rotatable bonds is 3. The predicted molar refractivity (Wildman–Crippen MR) is 49.1 cm³/mol. The molecule has 7 heteroatoms. The average Bonchev–Trinajstić information content (AvgIpc) is 2.16. The third kappa shape index (κ3) is 2.40. The Labute approximate surface area is 88.7 Å². The number of nitrogens with two attached hydrogens (primary N) is 1. The van der Waals surface area contributed by atoms with Gasteiger partial charge in [0.05, 0.1) is 16.3 Å². The first-order valence-corrected chi connectivity index (χ1v) is 4.26. The fraction of sp³-hybridized carbons (Fsp3) is 0.250. The van der Waals surface area contributed by atoms with Crippen molar-refractivity contribution in [3.63, 3.8) is 0 Å². The molecule has 1 aromatic heterocycles. The molecule has 0 saturated heterocycles. The van der Waals surface area contributed by atoms with E-state index in [2.05, 4.69) is 4.98 Å². The molecule has 0 radical (unpaired) electrons. The molecule has 3 N–H and O–H groups in total. The second kappa shape index (κ2) is 4.50. The zero-order valence-corrected chi connectivity index (χ0v) is 8.13. The summed E-state index contributed by atoms with van der Waals surface area (Å²) in [5, 5.41) is 8.61. The highest BCUT2D eigenvalue weighted by Crippen LogP contribution is 2.25. The van der Waals surface area contributed by atoms with Crippen molar-refractivity contribution >= 4 is 17.6 Å². The van der Waals surface area contributed by atoms with Crippen LogP contribution in [-0.2, 0) is 6.54 Å². The van der Waals surface area contributed by atoms with Crippen LogP contribution in [0.1, 0.15) is 28.2 Å². The molecule has 1 heterocycles. The molecule has 15 heavy (non-hydrogen) atoms. The third-order valence-corrected chi connectivity index (χ3v) is 2.04. The van der Waals surface area contributed by atoms with Crippen molar-refractivity contribution in [3.05, 3.63) is 28.0 Å². The van der Waals surface area contributed by atoms with Gasteiger partial charge in [0.25, 0.3) is 6.43 Å². The van der Waals surface area contributed by atoms with E-state index < -0.39 is 23.7 Å². The van der Waals surface area contributed by atoms with Gasteiger partial charge in [-0.25, -0.2) is 18.6 Å². The van der Waals surface area contributed by atoms with Gasteiger partial charge in [-0.05, 0) is 6.07 Å². The van der Waals surface area contributed by atoms with Crippen LogP contribution >= 0.6 is 11.6 Å². The van der Waals surface area contributed by atoms with Gasteiger partial charge < -0.3 is 10.8 Å². The van der Waals surface area contributed by atoms with Crippen LogP contribution in [0, 0.1) is 0 Å². The lowest BCUT2D eigenvalue weighted by Gasteiger charge is -2.07. The molecule has 4 nitrogen and oxygen atoms in total. The fourth-order valence-corrected chi connectivity index (χ4v) is 1.25. The van der Waals surface area contributed by atoms with Crippen LogP contribution in [0.15, 0.2) is 6.07 Å². The molecule has 0 aromatic carbocycles. The van der Waals surface area contributed by atoms with Crippen molar-refractivity contribution in [1.29, 1.82) is 0 Å². The number of aromatic nitrogens is 1. The number of carboxylic acids is 1. The molecule has 0 aliphatic carbocycles. The molecule has 1 rings (SSSR count). The lowest BCUT2D eigenvalue weighted by Crippen LogP contribution is -2.10. The van der Waals surface area contributed by atoms with Crippen LogP contribution in [0.25, 0.3) is 0 Å². The van der Waals surface area contributed by atoms with Gasteiger partial charge >= 0.3 is 5.97 Å². The first kappa shape index (κ1) is 11.8. The molecule has 0 spiro atoms. The SMILES string of the molecule is NCc1nc(C(F)F)c(C(=O)O)cc1Cl. The minimum absolute atomic E-state index is 0.0284. The molecule has 0 fully saturated rings. The Kier molecular flexibility index (Phi) is 3.54. The van der Waals surface area contributed by atoms with E-state index in [1.165, 1.54) is 0 Å². The number of carbonyl (C=O) groups is 1. The van der Waals surface area contributed by atoms with Crippen LogP contribution in [0.3, 0.4) is 0 Å². The Hall–Kier alpha value is -1.27. The molecule has 82 valence electrons. The Morgan fingerprint density at radius 1 is 1.67 bits per heavy atom. The number of hydrogen-bond acceptors (Lipinski definition) is 3. The molecular weight excluding hydrogens is 230 g/mol. The van der Waals surface area contributed by atoms with Gasteiger partial charge in [0, 0.05) is 6.54 Å². The lowest BCUT2D eigenvalue weighted by molar-refractivity contribution is 0.0682. The first-order valence-electron chi connectivity index (χ1n) is 3.88. The fourth-order valence-electron chi connectivity index (χ4n) is 1.02. The number of nitrogens with zero attached hydrogens (tertiary/aromatic N) is 1. The zero-order valence-electron chi connectivity index (χ0n) is 7.38. The van der Waals surface area contributed by atoms with Gasteiger partial charge in [0.1, 0.15) is 5.69 Å². The van der Waals surface area contributed by atoms with Crippen molar-refractivity contribution in [3.8, 4) is 0 Å². The second-order valence-electron chi connectivity index (χ2n) is 2.66. The van der Waals surface area contributed by atoms with Crippen LogP contribution in [0.5, 0.6) is 0 Å². The smallest absolute Gasteiger partial charge is 0.337 e. The quantitative estimate of drug-likeness (QED) is 0.839. The van der Waals surface area contributed by atoms with Crippen molar-refractivity contribution in [1.82, 2.24) is 4.98 Å². The van der Waals surface area contributed by atoms with E-state index in [9.17, 15) is 13.6 Å². The highest BCUT2D eigenvalue weighted by molar-refractivity contribution is 6.31. The summed E-state index contributed by atoms with van der Waals surface area (Å²) < 4.78 is 24.9. The number of carboxylic acid groups (broad SMARTS) is 1. The molecule has 0 atom stereocenters. The zero-order chi connectivity index (χ0) is 11.6. The second-order valence-corrected chi connectivity index (χ2v) is 3.07. The Morgan fingerprint density at radius 3 is 2.67 bits per heavy atom. The molecule has 0 aliphatic rings. The van der Waals surface area contributed by atoms with Crippen LogP contribution < -0.4 is 5.73 Å². The molecule has 0 aliphatic heterocycles. The highest BCUT2D eigenvalue weighted by Gasteiger charge is 2.21. The maximum atomic E-state index is 12.4. The number of pyridine rings is 1. The summed E-state index contributed by atoms with van der Waals surface area (Å²) in [5.41, 5.74) is 3.84. The molecule has 0 unspecified atom stereocenters. The maximum absolute atomic E-state index is 12.4. The van der Waals surface area contributed by atoms with Crippen LogP contribution in [0.4, 0.5) is 8.78 Å². The van der Waals surface area contributed by atoms with Gasteiger partial charge in [0.15, 0.2) is 0 Å². The summed E-state index contributed by atoms with van der Waals surface area (Å²) in [6.07, 6.45) is -2.97. The monoisotopic (exact) mass is 236 g/mol. The summed E-state index contributed by atoms with van der Waals surface area (Å²) >= 11 is 5.60. The number of halogens is 3. The van der Waals surface area contributed by atoms with Crippen LogP contribution in [0.2, 0.25) is 5.02 Å². The predicted octanol–water partition coefficient (Wildman–Crippen LogP) is 1.83. The minimum Gasteiger partial charge on any atom is -0.478 e. The van der Waals surface area contributed by atoms with E-state index in [1.807, 2.05) is 0 Å². The Morgan fingerprint density at radius 2 is 2.27 bits per heavy atom. The largest absolute Gasteiger partial charge is 0.478 e. The third-order valence-electron chi connectivity index (χ3n) is 1.71. The average molecular weight is 237 g/mol. The van der Waals surface area contributed by atoms with Crippen molar-refractivity contribution in [2.45, 2.75) is 13.0 Å². The van der Waals surface area contributed by atoms with Gasteiger partial charge in [-0.3, -0.25) is 0 Å². The van der Waals surface area contributed by atoms with E-state index >= 15 is 0 Å². The van der Waals surface area contributed by atoms with Crippen molar-refractivity contribution in [2.24, 2.45) is 5.73 Å². The van der Waals surface area contributed by atoms with Gasteiger partial charge in [0.2, 0.25) is 0 Å². The number of hydrogen-bond donors (Lipinski definition) is 2. The Balaban J connectivity index is 3.38. The van der Waals surface area contributed by atoms with Gasteiger partial charge in [-0.2, -0.15) is 0 Å². The molecule has 0 amide bonds. The van der Waals surface area contributed by atoms with E-state index in [0.717, 1.165) is 6.07 Å². The molecule has 1 aromatic rings. The Bertz CT molecular complexity index is 398. The van der Waals surface area contributed by atoms with Crippen molar-refractivity contribution < 1.29 is 18.7 Å². The van der Waals surface area contributed by atoms with Gasteiger partial charge in [-0.1, -0.05) is 11.6 Å². The molecular formula is C8H7ClF2N2O2. The summed E-state index contributed by atoms with van der Waals surface area (Å²) in [6.45, 7) is -0.127. The molecule has 0 bridgehead atoms. The summed E-state index contributed by atoms with van der Waals surface area (Å²) in [5.74, 6) is -1.50. The highest BCUT2D eigenvalue weighted by atomic mass is 35.5. The van der Waals surface area contributed by atoms with Crippen molar-refractivity contribution in [2.75, 3.05) is 0 Å². The van der Waals surface area contributed by atoms with E-state index in [-0.39, 0.29) is 17.3 Å². The minimum atomic E-state index is -2.97. The first-order chi connectivity index (χ1) is 6.97. The standard InChI is InChI=1S/C8H7ClF2N2O2/c9-4-1-3(8(14)15)6(7(10)11)13-5(4)2-12/h1,7H,2,12H2,(H,14,15). The summed E-state index contributed by atoms with van der Waals surface area (Å²) in [4.78, 5) is 14.0. The van der Waals surface area contributed by atoms with E-state index in [0.29, 0.717) is 0 Å². The van der Waals surface area contributed by atoms with E-state index in [4.69, 9.17) is 22.4 Å². The maximum Gasteiger partial charge on any atom is 0.337 e. The normalized spacial score (nSPS) is 10.7. The number of alkyl halides is 2. The van der Waals surface area contributed by atoms with E-state index in [1.54, 1.807) is 0 Å². The lowest BCUT2D eigenvalue weighted by atomic mass is 10.1. The number of aromatic carboxylic acids is 1. The summed E-state index contributed by atoms with van der Waals surface area (Å²) in [6, 6.07) is 0.931. The summed E-state index contributed by atoms with van der Waals surface area (Å²) in [7, 11) is 0. The molecule has 0 saturated carbocycles. The topological polar surface area (TPSA) is 76.2 Å².